The molecule has 5 aromatic carbocycles. The van der Waals surface area contributed by atoms with Gasteiger partial charge in [0.2, 0.25) is 0 Å². The Labute approximate surface area is 329 Å². The molecule has 0 spiro atoms. The molecule has 2 aliphatic rings. The molecule has 2 saturated heterocycles. The van der Waals surface area contributed by atoms with Crippen molar-refractivity contribution in [3.8, 4) is 11.5 Å². The third-order valence-corrected chi connectivity index (χ3v) is 9.75. The minimum Gasteiger partial charge on any atom is -0.497 e. The predicted molar refractivity (Wildman–Crippen MR) is 209 cm³/mol. The Hall–Kier alpha value is -4.62. The summed E-state index contributed by atoms with van der Waals surface area (Å²) in [6.45, 7) is 2.12. The van der Waals surface area contributed by atoms with Gasteiger partial charge in [-0.15, -0.1) is 0 Å². The van der Waals surface area contributed by atoms with Crippen LogP contribution in [-0.4, -0.2) is 70.9 Å². The van der Waals surface area contributed by atoms with Crippen LogP contribution in [0.1, 0.15) is 34.1 Å². The highest BCUT2D eigenvalue weighted by Gasteiger charge is 2.52. The molecule has 2 fully saturated rings. The van der Waals surface area contributed by atoms with Crippen molar-refractivity contribution >= 4 is 0 Å². The zero-order chi connectivity index (χ0) is 38.4. The van der Waals surface area contributed by atoms with Gasteiger partial charge in [-0.05, 0) is 46.5 Å². The van der Waals surface area contributed by atoms with E-state index in [1.165, 1.54) is 0 Å². The van der Waals surface area contributed by atoms with Crippen LogP contribution in [0.5, 0.6) is 11.5 Å². The summed E-state index contributed by atoms with van der Waals surface area (Å²) in [7, 11) is 3.30. The molecule has 0 aliphatic carbocycles. The van der Waals surface area contributed by atoms with E-state index in [1.807, 2.05) is 140 Å². The van der Waals surface area contributed by atoms with E-state index in [4.69, 9.17) is 47.4 Å². The highest BCUT2D eigenvalue weighted by molar-refractivity contribution is 5.27. The standard InChI is InChI=1S/C46H50O10/c1-47-38-22-18-35(19-23-38)26-49-30-40(50-27-36-20-24-39(48-2)25-21-36)31-53-46-44(52-29-34-14-8-4-9-15-34)43(51-28-33-12-6-3-7-13-33)42-41(55-46)32-54-45(56-42)37-16-10-5-11-17-37/h3-25,40-46H,26-32H2,1-2H3/t40-,41+,42-,43-,44+,45-,46-/m0/s1. The van der Waals surface area contributed by atoms with Crippen molar-refractivity contribution in [2.45, 2.75) is 69.5 Å². The number of benzene rings is 5. The van der Waals surface area contributed by atoms with E-state index >= 15 is 0 Å². The van der Waals surface area contributed by atoms with Crippen molar-refractivity contribution < 1.29 is 47.4 Å². The summed E-state index contributed by atoms with van der Waals surface area (Å²) in [4.78, 5) is 0. The van der Waals surface area contributed by atoms with Crippen LogP contribution < -0.4 is 9.47 Å². The maximum Gasteiger partial charge on any atom is 0.187 e. The third-order valence-electron chi connectivity index (χ3n) is 9.75. The Kier molecular flexibility index (Phi) is 14.5. The van der Waals surface area contributed by atoms with Crippen molar-refractivity contribution in [2.24, 2.45) is 0 Å². The molecule has 2 aliphatic heterocycles. The van der Waals surface area contributed by atoms with Gasteiger partial charge in [-0.2, -0.15) is 0 Å². The molecule has 5 aromatic rings. The van der Waals surface area contributed by atoms with E-state index in [1.54, 1.807) is 14.2 Å². The van der Waals surface area contributed by atoms with E-state index in [-0.39, 0.29) is 19.8 Å². The first-order valence-corrected chi connectivity index (χ1v) is 19.0. The van der Waals surface area contributed by atoms with Crippen LogP contribution in [0.25, 0.3) is 0 Å². The molecule has 0 saturated carbocycles. The largest absolute Gasteiger partial charge is 0.497 e. The summed E-state index contributed by atoms with van der Waals surface area (Å²) in [5.74, 6) is 1.57. The second-order valence-electron chi connectivity index (χ2n) is 13.7. The van der Waals surface area contributed by atoms with Gasteiger partial charge in [0.05, 0.1) is 60.5 Å². The van der Waals surface area contributed by atoms with Crippen molar-refractivity contribution in [1.82, 2.24) is 0 Å². The molecule has 0 N–H and O–H groups in total. The summed E-state index contributed by atoms with van der Waals surface area (Å²) in [5.41, 5.74) is 4.96. The summed E-state index contributed by atoms with van der Waals surface area (Å²) >= 11 is 0. The second kappa shape index (κ2) is 20.5. The summed E-state index contributed by atoms with van der Waals surface area (Å²) in [5, 5.41) is 0. The highest BCUT2D eigenvalue weighted by Crippen LogP contribution is 2.37. The fourth-order valence-electron chi connectivity index (χ4n) is 6.67. The Bertz CT molecular complexity index is 1840. The molecule has 2 heterocycles. The SMILES string of the molecule is COc1ccc(COC[C@@H](CO[C@H]2O[C@@H]3CO[C@H](c4ccccc4)O[C@@H]3[C@H](OCc3ccccc3)[C@H]2OCc2ccccc2)OCc2ccc(OC)cc2)cc1. The van der Waals surface area contributed by atoms with Crippen molar-refractivity contribution in [3.05, 3.63) is 167 Å². The van der Waals surface area contributed by atoms with Gasteiger partial charge in [0.25, 0.3) is 0 Å². The van der Waals surface area contributed by atoms with Gasteiger partial charge in [0.15, 0.2) is 12.6 Å². The fraction of sp³-hybridized carbons (Fsp3) is 0.348. The normalized spacial score (nSPS) is 22.5. The molecule has 7 rings (SSSR count). The first kappa shape index (κ1) is 39.6. The van der Waals surface area contributed by atoms with E-state index < -0.39 is 43.1 Å². The molecule has 10 nitrogen and oxygen atoms in total. The number of fused-ring (bicyclic) bond motifs is 1. The van der Waals surface area contributed by atoms with Gasteiger partial charge in [-0.25, -0.2) is 0 Å². The molecule has 0 bridgehead atoms. The van der Waals surface area contributed by atoms with Crippen LogP contribution in [0.4, 0.5) is 0 Å². The fourth-order valence-corrected chi connectivity index (χ4v) is 6.67. The Morgan fingerprint density at radius 2 is 1.07 bits per heavy atom. The van der Waals surface area contributed by atoms with Crippen LogP contribution >= 0.6 is 0 Å². The molecular weight excluding hydrogens is 712 g/mol. The average Bonchev–Trinajstić information content (AvgIpc) is 3.27. The molecule has 0 amide bonds. The van der Waals surface area contributed by atoms with E-state index in [9.17, 15) is 0 Å². The molecule has 56 heavy (non-hydrogen) atoms. The summed E-state index contributed by atoms with van der Waals surface area (Å²) in [6.07, 6.45) is -4.10. The summed E-state index contributed by atoms with van der Waals surface area (Å²) < 4.78 is 63.1. The van der Waals surface area contributed by atoms with Crippen LogP contribution in [-0.2, 0) is 64.3 Å². The smallest absolute Gasteiger partial charge is 0.187 e. The van der Waals surface area contributed by atoms with Crippen molar-refractivity contribution in [3.63, 3.8) is 0 Å². The number of hydrogen-bond acceptors (Lipinski definition) is 10. The molecule has 10 heteroatoms. The number of methoxy groups -OCH3 is 2. The summed E-state index contributed by atoms with van der Waals surface area (Å²) in [6, 6.07) is 45.6. The predicted octanol–water partition coefficient (Wildman–Crippen LogP) is 7.83. The third kappa shape index (κ3) is 11.0. The van der Waals surface area contributed by atoms with Gasteiger partial charge in [-0.3, -0.25) is 0 Å². The molecule has 294 valence electrons. The highest BCUT2D eigenvalue weighted by atomic mass is 16.8. The van der Waals surface area contributed by atoms with Crippen LogP contribution in [0.2, 0.25) is 0 Å². The molecule has 0 radical (unpaired) electrons. The Morgan fingerprint density at radius 1 is 0.536 bits per heavy atom. The maximum absolute atomic E-state index is 6.77. The van der Waals surface area contributed by atoms with E-state index in [0.717, 1.165) is 39.3 Å². The molecule has 7 atom stereocenters. The van der Waals surface area contributed by atoms with Gasteiger partial charge in [0.1, 0.15) is 42.0 Å². The number of hydrogen-bond donors (Lipinski definition) is 0. The minimum atomic E-state index is -0.838. The van der Waals surface area contributed by atoms with Crippen LogP contribution in [0.3, 0.4) is 0 Å². The molecular formula is C46H50O10. The quantitative estimate of drug-likeness (QED) is 0.0829. The van der Waals surface area contributed by atoms with Crippen molar-refractivity contribution in [2.75, 3.05) is 34.0 Å². The zero-order valence-corrected chi connectivity index (χ0v) is 31.9. The maximum atomic E-state index is 6.77. The van der Waals surface area contributed by atoms with E-state index in [2.05, 4.69) is 0 Å². The lowest BCUT2D eigenvalue weighted by molar-refractivity contribution is -0.374. The van der Waals surface area contributed by atoms with E-state index in [0.29, 0.717) is 26.4 Å². The minimum absolute atomic E-state index is 0.159. The van der Waals surface area contributed by atoms with Crippen molar-refractivity contribution in [1.29, 1.82) is 0 Å². The second-order valence-corrected chi connectivity index (χ2v) is 13.7. The Morgan fingerprint density at radius 3 is 1.66 bits per heavy atom. The Balaban J connectivity index is 1.11. The van der Waals surface area contributed by atoms with Crippen LogP contribution in [0, 0.1) is 0 Å². The first-order chi connectivity index (χ1) is 27.6. The number of rotatable bonds is 19. The number of ether oxygens (including phenoxy) is 10. The topological polar surface area (TPSA) is 92.3 Å². The van der Waals surface area contributed by atoms with Gasteiger partial charge >= 0.3 is 0 Å². The van der Waals surface area contributed by atoms with Gasteiger partial charge in [0, 0.05) is 5.56 Å². The van der Waals surface area contributed by atoms with Crippen LogP contribution in [0.15, 0.2) is 140 Å². The lowest BCUT2D eigenvalue weighted by Crippen LogP contribution is -2.63. The van der Waals surface area contributed by atoms with Gasteiger partial charge in [-0.1, -0.05) is 115 Å². The zero-order valence-electron chi connectivity index (χ0n) is 31.9. The lowest BCUT2D eigenvalue weighted by Gasteiger charge is -2.49. The molecule has 0 unspecified atom stereocenters. The molecule has 0 aromatic heterocycles. The average molecular weight is 763 g/mol. The van der Waals surface area contributed by atoms with Gasteiger partial charge < -0.3 is 47.4 Å². The lowest BCUT2D eigenvalue weighted by atomic mass is 9.97. The first-order valence-electron chi connectivity index (χ1n) is 19.0. The monoisotopic (exact) mass is 762 g/mol.